The fraction of sp³-hybridized carbons (Fsp3) is 0.440. The molecule has 2 aromatic carbocycles. The fourth-order valence-electron chi connectivity index (χ4n) is 4.51. The molecule has 4 rings (SSSR count). The molecule has 4 heteroatoms. The van der Waals surface area contributed by atoms with Gasteiger partial charge < -0.3 is 5.32 Å². The van der Waals surface area contributed by atoms with Crippen LogP contribution < -0.4 is 5.32 Å². The van der Waals surface area contributed by atoms with Crippen LogP contribution in [0.25, 0.3) is 11.1 Å². The van der Waals surface area contributed by atoms with Crippen molar-refractivity contribution in [1.82, 2.24) is 5.32 Å². The summed E-state index contributed by atoms with van der Waals surface area (Å²) >= 11 is 0. The maximum Gasteiger partial charge on any atom is 0.149 e. The lowest BCUT2D eigenvalue weighted by atomic mass is 9.91. The van der Waals surface area contributed by atoms with E-state index >= 15 is 4.39 Å². The van der Waals surface area contributed by atoms with E-state index in [0.717, 1.165) is 65.3 Å². The largest absolute Gasteiger partial charge is 0.317 e. The minimum absolute atomic E-state index is 0.244. The molecule has 29 heavy (non-hydrogen) atoms. The van der Waals surface area contributed by atoms with Crippen molar-refractivity contribution in [2.24, 2.45) is 15.9 Å². The van der Waals surface area contributed by atoms with E-state index in [2.05, 4.69) is 44.3 Å². The van der Waals surface area contributed by atoms with Crippen molar-refractivity contribution in [3.63, 3.8) is 0 Å². The molecule has 0 bridgehead atoms. The Hall–Kier alpha value is -2.33. The summed E-state index contributed by atoms with van der Waals surface area (Å²) in [7, 11) is 0. The topological polar surface area (TPSA) is 36.8 Å². The molecular weight excluding hydrogens is 361 g/mol. The standard InChI is InChI=1S/C25H30FN3/c1-14-10-20(12-22-16(3)17(4)28-24(14)22)21-11-15(2)25(23(26)13-21)29-18(5)19-6-8-27-9-7-19/h10-13,16,19,27H,6-9H2,1-5H3. The molecule has 2 heterocycles. The molecule has 1 unspecified atom stereocenters. The van der Waals surface area contributed by atoms with E-state index in [4.69, 9.17) is 9.98 Å². The van der Waals surface area contributed by atoms with Gasteiger partial charge in [-0.25, -0.2) is 4.39 Å². The number of piperidine rings is 1. The maximum atomic E-state index is 15.1. The Morgan fingerprint density at radius 2 is 1.69 bits per heavy atom. The van der Waals surface area contributed by atoms with E-state index < -0.39 is 0 Å². The van der Waals surface area contributed by atoms with Crippen LogP contribution in [0, 0.1) is 25.6 Å². The van der Waals surface area contributed by atoms with Crippen LogP contribution >= 0.6 is 0 Å². The Morgan fingerprint density at radius 3 is 2.38 bits per heavy atom. The third kappa shape index (κ3) is 3.78. The zero-order chi connectivity index (χ0) is 20.7. The summed E-state index contributed by atoms with van der Waals surface area (Å²) in [5, 5.41) is 3.37. The molecule has 1 fully saturated rings. The Labute approximate surface area is 173 Å². The first-order valence-electron chi connectivity index (χ1n) is 10.6. The third-order valence-electron chi connectivity index (χ3n) is 6.52. The fourth-order valence-corrected chi connectivity index (χ4v) is 4.51. The van der Waals surface area contributed by atoms with Gasteiger partial charge in [-0.05, 0) is 112 Å². The zero-order valence-electron chi connectivity index (χ0n) is 18.1. The van der Waals surface area contributed by atoms with E-state index in [9.17, 15) is 0 Å². The predicted octanol–water partition coefficient (Wildman–Crippen LogP) is 6.41. The highest BCUT2D eigenvalue weighted by Gasteiger charge is 2.23. The molecule has 152 valence electrons. The number of nitrogens with zero attached hydrogens (tertiary/aromatic N) is 2. The third-order valence-corrected chi connectivity index (χ3v) is 6.52. The van der Waals surface area contributed by atoms with Crippen molar-refractivity contribution in [2.75, 3.05) is 13.1 Å². The van der Waals surface area contributed by atoms with Gasteiger partial charge in [0.2, 0.25) is 0 Å². The minimum Gasteiger partial charge on any atom is -0.317 e. The molecule has 0 amide bonds. The molecule has 0 radical (unpaired) electrons. The molecule has 2 aliphatic heterocycles. The van der Waals surface area contributed by atoms with Gasteiger partial charge in [0.1, 0.15) is 11.5 Å². The van der Waals surface area contributed by atoms with Crippen LogP contribution in [0.15, 0.2) is 34.3 Å². The molecule has 0 aromatic heterocycles. The van der Waals surface area contributed by atoms with Crippen molar-refractivity contribution in [3.05, 3.63) is 46.8 Å². The van der Waals surface area contributed by atoms with E-state index in [-0.39, 0.29) is 5.82 Å². The van der Waals surface area contributed by atoms with Crippen molar-refractivity contribution in [3.8, 4) is 11.1 Å². The zero-order valence-corrected chi connectivity index (χ0v) is 18.1. The smallest absolute Gasteiger partial charge is 0.149 e. The summed E-state index contributed by atoms with van der Waals surface area (Å²) in [6.45, 7) is 12.4. The molecule has 3 nitrogen and oxygen atoms in total. The van der Waals surface area contributed by atoms with Crippen LogP contribution in [0.2, 0.25) is 0 Å². The number of hydrogen-bond donors (Lipinski definition) is 1. The summed E-state index contributed by atoms with van der Waals surface area (Å²) in [5.74, 6) is 0.511. The lowest BCUT2D eigenvalue weighted by Crippen LogP contribution is -2.30. The normalized spacial score (nSPS) is 20.0. The number of hydrogen-bond acceptors (Lipinski definition) is 3. The van der Waals surface area contributed by atoms with Gasteiger partial charge in [0.25, 0.3) is 0 Å². The first-order chi connectivity index (χ1) is 13.8. The summed E-state index contributed by atoms with van der Waals surface area (Å²) in [4.78, 5) is 9.42. The molecular formula is C25H30FN3. The second-order valence-corrected chi connectivity index (χ2v) is 8.61. The average molecular weight is 392 g/mol. The van der Waals surface area contributed by atoms with Gasteiger partial charge in [0, 0.05) is 17.3 Å². The lowest BCUT2D eigenvalue weighted by Gasteiger charge is -2.22. The molecule has 1 N–H and O–H groups in total. The molecule has 2 aliphatic rings. The second kappa shape index (κ2) is 7.83. The monoisotopic (exact) mass is 391 g/mol. The average Bonchev–Trinajstić information content (AvgIpc) is 3.00. The summed E-state index contributed by atoms with van der Waals surface area (Å²) in [5.41, 5.74) is 8.95. The van der Waals surface area contributed by atoms with Gasteiger partial charge in [-0.15, -0.1) is 0 Å². The lowest BCUT2D eigenvalue weighted by molar-refractivity contribution is 0.455. The SMILES string of the molecule is CC(=Nc1c(C)cc(-c2cc(C)c3c(c2)C(C)C(C)=N3)cc1F)C1CCNCC1. The highest BCUT2D eigenvalue weighted by Crippen LogP contribution is 2.41. The minimum atomic E-state index is -0.244. The number of benzene rings is 2. The summed E-state index contributed by atoms with van der Waals surface area (Å²) < 4.78 is 15.1. The van der Waals surface area contributed by atoms with E-state index in [0.29, 0.717) is 17.5 Å². The van der Waals surface area contributed by atoms with Crippen LogP contribution in [0.1, 0.15) is 56.2 Å². The number of rotatable bonds is 3. The molecule has 1 saturated heterocycles. The molecule has 2 aromatic rings. The molecule has 0 aliphatic carbocycles. The van der Waals surface area contributed by atoms with Gasteiger partial charge in [0.15, 0.2) is 0 Å². The van der Waals surface area contributed by atoms with Crippen LogP contribution in [-0.2, 0) is 0 Å². The van der Waals surface area contributed by atoms with Gasteiger partial charge in [-0.1, -0.05) is 6.92 Å². The first-order valence-corrected chi connectivity index (χ1v) is 10.6. The summed E-state index contributed by atoms with van der Waals surface area (Å²) in [6, 6.07) is 7.98. The summed E-state index contributed by atoms with van der Waals surface area (Å²) in [6.07, 6.45) is 2.14. The molecule has 0 saturated carbocycles. The second-order valence-electron chi connectivity index (χ2n) is 8.61. The number of halogens is 1. The Balaban J connectivity index is 1.69. The highest BCUT2D eigenvalue weighted by molar-refractivity contribution is 5.97. The highest BCUT2D eigenvalue weighted by atomic mass is 19.1. The molecule has 0 spiro atoms. The predicted molar refractivity (Wildman–Crippen MR) is 121 cm³/mol. The number of fused-ring (bicyclic) bond motifs is 1. The van der Waals surface area contributed by atoms with Gasteiger partial charge in [0.05, 0.1) is 5.69 Å². The van der Waals surface area contributed by atoms with Crippen molar-refractivity contribution >= 4 is 22.8 Å². The van der Waals surface area contributed by atoms with Crippen molar-refractivity contribution in [1.29, 1.82) is 0 Å². The van der Waals surface area contributed by atoms with Crippen molar-refractivity contribution in [2.45, 2.75) is 53.4 Å². The Bertz CT molecular complexity index is 990. The van der Waals surface area contributed by atoms with Crippen LogP contribution in [0.4, 0.5) is 15.8 Å². The number of aliphatic imine (C=N–C) groups is 2. The first kappa shape index (κ1) is 20.0. The van der Waals surface area contributed by atoms with E-state index in [1.54, 1.807) is 6.07 Å². The van der Waals surface area contributed by atoms with Crippen LogP contribution in [0.5, 0.6) is 0 Å². The Morgan fingerprint density at radius 1 is 1.03 bits per heavy atom. The number of aryl methyl sites for hydroxylation is 2. The van der Waals surface area contributed by atoms with Gasteiger partial charge in [-0.3, -0.25) is 9.98 Å². The molecule has 1 atom stereocenters. The van der Waals surface area contributed by atoms with Gasteiger partial charge in [-0.2, -0.15) is 0 Å². The van der Waals surface area contributed by atoms with Crippen LogP contribution in [0.3, 0.4) is 0 Å². The van der Waals surface area contributed by atoms with E-state index in [1.807, 2.05) is 13.8 Å². The van der Waals surface area contributed by atoms with Gasteiger partial charge >= 0.3 is 0 Å². The van der Waals surface area contributed by atoms with Crippen molar-refractivity contribution < 1.29 is 4.39 Å². The quantitative estimate of drug-likeness (QED) is 0.603. The maximum absolute atomic E-state index is 15.1. The van der Waals surface area contributed by atoms with E-state index in [1.165, 1.54) is 5.56 Å². The van der Waals surface area contributed by atoms with Crippen LogP contribution in [-0.4, -0.2) is 24.5 Å². The number of nitrogens with one attached hydrogen (secondary N) is 1. The Kier molecular flexibility index (Phi) is 5.39.